The first-order valence-corrected chi connectivity index (χ1v) is 12.7. The first kappa shape index (κ1) is 22.1. The zero-order valence-electron chi connectivity index (χ0n) is 20.6. The Kier molecular flexibility index (Phi) is 5.45. The molecule has 7 aromatic rings. The third-order valence-corrected chi connectivity index (χ3v) is 6.91. The molecule has 0 amide bonds. The molecule has 0 saturated heterocycles. The first-order valence-electron chi connectivity index (χ1n) is 12.7. The standard InChI is InChI=1S/C35H23N3/c1-3-13-26(14-4-1)33-36-34(27-15-5-2-6-16-27)38-35(37-33)32-30-18-10-9-12-25(30)21-22-31(32)29-20-19-24-11-7-8-17-28(24)23-29/h1-23H. The third-order valence-electron chi connectivity index (χ3n) is 6.91. The van der Waals surface area contributed by atoms with Crippen LogP contribution in [0.1, 0.15) is 0 Å². The van der Waals surface area contributed by atoms with Gasteiger partial charge in [-0.2, -0.15) is 0 Å². The number of nitrogens with zero attached hydrogens (tertiary/aromatic N) is 3. The first-order chi connectivity index (χ1) is 18.8. The second-order valence-corrected chi connectivity index (χ2v) is 9.31. The summed E-state index contributed by atoms with van der Waals surface area (Å²) in [6.07, 6.45) is 0. The van der Waals surface area contributed by atoms with E-state index in [0.29, 0.717) is 17.5 Å². The van der Waals surface area contributed by atoms with Crippen molar-refractivity contribution < 1.29 is 0 Å². The van der Waals surface area contributed by atoms with Gasteiger partial charge in [0.15, 0.2) is 17.5 Å². The summed E-state index contributed by atoms with van der Waals surface area (Å²) >= 11 is 0. The Morgan fingerprint density at radius 2 is 0.868 bits per heavy atom. The summed E-state index contributed by atoms with van der Waals surface area (Å²) in [6.45, 7) is 0. The van der Waals surface area contributed by atoms with E-state index < -0.39 is 0 Å². The molecule has 0 aliphatic carbocycles. The van der Waals surface area contributed by atoms with Gasteiger partial charge < -0.3 is 0 Å². The molecule has 3 nitrogen and oxygen atoms in total. The van der Waals surface area contributed by atoms with Crippen molar-refractivity contribution >= 4 is 21.5 Å². The quantitative estimate of drug-likeness (QED) is 0.250. The zero-order chi connectivity index (χ0) is 25.3. The van der Waals surface area contributed by atoms with Crippen LogP contribution in [0.2, 0.25) is 0 Å². The highest BCUT2D eigenvalue weighted by molar-refractivity contribution is 6.04. The molecule has 0 N–H and O–H groups in total. The molecule has 178 valence electrons. The van der Waals surface area contributed by atoms with Crippen LogP contribution in [0.4, 0.5) is 0 Å². The van der Waals surface area contributed by atoms with E-state index in [0.717, 1.165) is 38.6 Å². The molecule has 0 radical (unpaired) electrons. The maximum Gasteiger partial charge on any atom is 0.165 e. The van der Waals surface area contributed by atoms with Crippen LogP contribution in [0.5, 0.6) is 0 Å². The van der Waals surface area contributed by atoms with Crippen LogP contribution < -0.4 is 0 Å². The largest absolute Gasteiger partial charge is 0.208 e. The van der Waals surface area contributed by atoms with Crippen molar-refractivity contribution in [2.45, 2.75) is 0 Å². The van der Waals surface area contributed by atoms with E-state index in [1.165, 1.54) is 10.8 Å². The van der Waals surface area contributed by atoms with Crippen molar-refractivity contribution in [3.8, 4) is 45.3 Å². The van der Waals surface area contributed by atoms with E-state index in [2.05, 4.69) is 78.9 Å². The van der Waals surface area contributed by atoms with E-state index in [4.69, 9.17) is 15.0 Å². The second-order valence-electron chi connectivity index (χ2n) is 9.31. The van der Waals surface area contributed by atoms with E-state index in [1.54, 1.807) is 0 Å². The molecule has 7 rings (SSSR count). The van der Waals surface area contributed by atoms with E-state index >= 15 is 0 Å². The van der Waals surface area contributed by atoms with Gasteiger partial charge in [0, 0.05) is 16.7 Å². The number of hydrogen-bond donors (Lipinski definition) is 0. The summed E-state index contributed by atoms with van der Waals surface area (Å²) in [7, 11) is 0. The zero-order valence-corrected chi connectivity index (χ0v) is 20.6. The van der Waals surface area contributed by atoms with Crippen LogP contribution in [0, 0.1) is 0 Å². The molecule has 0 unspecified atom stereocenters. The minimum Gasteiger partial charge on any atom is -0.208 e. The molecule has 3 heteroatoms. The van der Waals surface area contributed by atoms with Crippen molar-refractivity contribution in [1.29, 1.82) is 0 Å². The normalized spacial score (nSPS) is 11.2. The maximum atomic E-state index is 5.08. The number of rotatable bonds is 4. The van der Waals surface area contributed by atoms with Gasteiger partial charge in [0.1, 0.15) is 0 Å². The Morgan fingerprint density at radius 1 is 0.342 bits per heavy atom. The lowest BCUT2D eigenvalue weighted by Crippen LogP contribution is -2.01. The van der Waals surface area contributed by atoms with Crippen molar-refractivity contribution in [3.05, 3.63) is 140 Å². The fourth-order valence-corrected chi connectivity index (χ4v) is 5.03. The number of aromatic nitrogens is 3. The fraction of sp³-hybridized carbons (Fsp3) is 0. The van der Waals surface area contributed by atoms with E-state index in [9.17, 15) is 0 Å². The predicted molar refractivity (Wildman–Crippen MR) is 157 cm³/mol. The minimum atomic E-state index is 0.659. The van der Waals surface area contributed by atoms with E-state index in [1.807, 2.05) is 60.7 Å². The van der Waals surface area contributed by atoms with Gasteiger partial charge in [-0.1, -0.05) is 133 Å². The van der Waals surface area contributed by atoms with Gasteiger partial charge in [-0.3, -0.25) is 0 Å². The van der Waals surface area contributed by atoms with Gasteiger partial charge in [0.05, 0.1) is 0 Å². The molecular weight excluding hydrogens is 462 g/mol. The number of benzene rings is 6. The van der Waals surface area contributed by atoms with Gasteiger partial charge in [0.25, 0.3) is 0 Å². The molecule has 0 spiro atoms. The minimum absolute atomic E-state index is 0.659. The van der Waals surface area contributed by atoms with Crippen molar-refractivity contribution in [1.82, 2.24) is 15.0 Å². The maximum absolute atomic E-state index is 5.08. The van der Waals surface area contributed by atoms with Crippen LogP contribution in [0.25, 0.3) is 66.8 Å². The summed E-state index contributed by atoms with van der Waals surface area (Å²) < 4.78 is 0. The lowest BCUT2D eigenvalue weighted by Gasteiger charge is -2.15. The van der Waals surface area contributed by atoms with E-state index in [-0.39, 0.29) is 0 Å². The molecule has 0 bridgehead atoms. The van der Waals surface area contributed by atoms with Gasteiger partial charge in [-0.05, 0) is 38.7 Å². The van der Waals surface area contributed by atoms with Crippen molar-refractivity contribution in [2.24, 2.45) is 0 Å². The molecule has 0 aliphatic heterocycles. The lowest BCUT2D eigenvalue weighted by atomic mass is 9.92. The molecule has 1 aromatic heterocycles. The summed E-state index contributed by atoms with van der Waals surface area (Å²) in [5.74, 6) is 1.98. The molecule has 6 aromatic carbocycles. The SMILES string of the molecule is c1ccc(-c2nc(-c3ccccc3)nc(-c3c(-c4ccc5ccccc5c4)ccc4ccccc34)n2)cc1. The van der Waals surface area contributed by atoms with Gasteiger partial charge in [-0.25, -0.2) is 15.0 Å². The number of fused-ring (bicyclic) bond motifs is 2. The molecule has 0 atom stereocenters. The molecule has 0 saturated carbocycles. The lowest BCUT2D eigenvalue weighted by molar-refractivity contribution is 1.08. The smallest absolute Gasteiger partial charge is 0.165 e. The average Bonchev–Trinajstić information content (AvgIpc) is 3.01. The van der Waals surface area contributed by atoms with Gasteiger partial charge >= 0.3 is 0 Å². The summed E-state index contributed by atoms with van der Waals surface area (Å²) in [5, 5.41) is 4.68. The second kappa shape index (κ2) is 9.38. The van der Waals surface area contributed by atoms with Crippen molar-refractivity contribution in [2.75, 3.05) is 0 Å². The Hall–Kier alpha value is -5.15. The summed E-state index contributed by atoms with van der Waals surface area (Å²) in [6, 6.07) is 48.1. The molecule has 0 fully saturated rings. The number of hydrogen-bond acceptors (Lipinski definition) is 3. The summed E-state index contributed by atoms with van der Waals surface area (Å²) in [5.41, 5.74) is 5.16. The van der Waals surface area contributed by atoms with Crippen molar-refractivity contribution in [3.63, 3.8) is 0 Å². The van der Waals surface area contributed by atoms with Gasteiger partial charge in [0.2, 0.25) is 0 Å². The highest BCUT2D eigenvalue weighted by Gasteiger charge is 2.18. The molecule has 1 heterocycles. The third kappa shape index (κ3) is 4.00. The van der Waals surface area contributed by atoms with Crippen LogP contribution in [0.3, 0.4) is 0 Å². The highest BCUT2D eigenvalue weighted by atomic mass is 15.0. The summed E-state index contributed by atoms with van der Waals surface area (Å²) in [4.78, 5) is 15.1. The Bertz CT molecular complexity index is 1850. The highest BCUT2D eigenvalue weighted by Crippen LogP contribution is 2.38. The Labute approximate surface area is 221 Å². The Balaban J connectivity index is 1.54. The molecule has 0 aliphatic rings. The Morgan fingerprint density at radius 3 is 1.55 bits per heavy atom. The fourth-order valence-electron chi connectivity index (χ4n) is 5.03. The average molecular weight is 486 g/mol. The molecular formula is C35H23N3. The monoisotopic (exact) mass is 485 g/mol. The van der Waals surface area contributed by atoms with Crippen LogP contribution in [-0.2, 0) is 0 Å². The molecule has 38 heavy (non-hydrogen) atoms. The van der Waals surface area contributed by atoms with Crippen LogP contribution in [-0.4, -0.2) is 15.0 Å². The topological polar surface area (TPSA) is 38.7 Å². The predicted octanol–water partition coefficient (Wildman–Crippen LogP) is 8.85. The van der Waals surface area contributed by atoms with Crippen LogP contribution in [0.15, 0.2) is 140 Å². The van der Waals surface area contributed by atoms with Gasteiger partial charge in [-0.15, -0.1) is 0 Å². The van der Waals surface area contributed by atoms with Crippen LogP contribution >= 0.6 is 0 Å².